The lowest BCUT2D eigenvalue weighted by Crippen LogP contribution is -2.51. The Morgan fingerprint density at radius 1 is 1.05 bits per heavy atom. The van der Waals surface area contributed by atoms with Crippen LogP contribution >= 0.6 is 0 Å². The first-order valence-corrected chi connectivity index (χ1v) is 7.25. The molecule has 3 rings (SSSR count). The Morgan fingerprint density at radius 2 is 1.84 bits per heavy atom. The van der Waals surface area contributed by atoms with E-state index < -0.39 is 0 Å². The average molecular weight is 261 g/mol. The lowest BCUT2D eigenvalue weighted by Gasteiger charge is -2.42. The number of ether oxygens (including phenoxy) is 2. The zero-order chi connectivity index (χ0) is 13.3. The van der Waals surface area contributed by atoms with E-state index in [-0.39, 0.29) is 0 Å². The topological polar surface area (TPSA) is 30.5 Å². The molecule has 0 radical (unpaired) electrons. The van der Waals surface area contributed by atoms with Crippen LogP contribution in [0.3, 0.4) is 0 Å². The van der Waals surface area contributed by atoms with E-state index in [2.05, 4.69) is 11.4 Å². The Kier molecular flexibility index (Phi) is 3.40. The fourth-order valence-electron chi connectivity index (χ4n) is 3.62. The van der Waals surface area contributed by atoms with E-state index in [1.807, 2.05) is 6.07 Å². The second kappa shape index (κ2) is 5.04. The summed E-state index contributed by atoms with van der Waals surface area (Å²) in [7, 11) is 3.46. The summed E-state index contributed by atoms with van der Waals surface area (Å²) in [6, 6.07) is 4.18. The third-order valence-electron chi connectivity index (χ3n) is 4.71. The van der Waals surface area contributed by atoms with Gasteiger partial charge < -0.3 is 14.8 Å². The quantitative estimate of drug-likeness (QED) is 0.887. The third-order valence-corrected chi connectivity index (χ3v) is 4.71. The molecule has 1 aliphatic carbocycles. The first-order chi connectivity index (χ1) is 9.26. The van der Waals surface area contributed by atoms with Gasteiger partial charge >= 0.3 is 0 Å². The Hall–Kier alpha value is -1.22. The summed E-state index contributed by atoms with van der Waals surface area (Å²) >= 11 is 0. The van der Waals surface area contributed by atoms with E-state index in [4.69, 9.17) is 9.47 Å². The molecule has 0 unspecified atom stereocenters. The normalized spacial score (nSPS) is 20.9. The minimum absolute atomic E-state index is 0.322. The fourth-order valence-corrected chi connectivity index (χ4v) is 3.62. The monoisotopic (exact) mass is 261 g/mol. The van der Waals surface area contributed by atoms with E-state index in [1.165, 1.54) is 43.2 Å². The average Bonchev–Trinajstić information content (AvgIpc) is 2.46. The molecule has 1 aromatic rings. The van der Waals surface area contributed by atoms with Crippen LogP contribution < -0.4 is 14.8 Å². The molecule has 1 aromatic carbocycles. The van der Waals surface area contributed by atoms with Crippen molar-refractivity contribution < 1.29 is 9.47 Å². The van der Waals surface area contributed by atoms with Gasteiger partial charge in [0.1, 0.15) is 11.5 Å². The zero-order valence-electron chi connectivity index (χ0n) is 11.9. The Labute approximate surface area is 115 Å². The van der Waals surface area contributed by atoms with Gasteiger partial charge in [-0.2, -0.15) is 0 Å². The second-order valence-electron chi connectivity index (χ2n) is 5.84. The molecule has 0 amide bonds. The highest BCUT2D eigenvalue weighted by Crippen LogP contribution is 2.39. The zero-order valence-corrected chi connectivity index (χ0v) is 11.9. The highest BCUT2D eigenvalue weighted by atomic mass is 16.5. The smallest absolute Gasteiger partial charge is 0.127 e. The van der Waals surface area contributed by atoms with E-state index in [0.717, 1.165) is 24.5 Å². The maximum atomic E-state index is 5.51. The molecule has 3 heteroatoms. The number of hydrogen-bond acceptors (Lipinski definition) is 3. The maximum Gasteiger partial charge on any atom is 0.127 e. The number of fused-ring (bicyclic) bond motifs is 1. The molecule has 104 valence electrons. The van der Waals surface area contributed by atoms with E-state index in [9.17, 15) is 0 Å². The van der Waals surface area contributed by atoms with Gasteiger partial charge in [0.15, 0.2) is 0 Å². The van der Waals surface area contributed by atoms with Crippen molar-refractivity contribution in [3.63, 3.8) is 0 Å². The second-order valence-corrected chi connectivity index (χ2v) is 5.84. The highest BCUT2D eigenvalue weighted by molar-refractivity contribution is 5.48. The van der Waals surface area contributed by atoms with Gasteiger partial charge in [-0.3, -0.25) is 0 Å². The standard InChI is InChI=1S/C16H23NO2/c1-18-13-8-12-10-16(6-4-3-5-7-16)17-11-14(12)15(9-13)19-2/h8-9,17H,3-7,10-11H2,1-2H3. The van der Waals surface area contributed by atoms with Crippen molar-refractivity contribution in [2.45, 2.75) is 50.6 Å². The maximum absolute atomic E-state index is 5.51. The van der Waals surface area contributed by atoms with Gasteiger partial charge in [-0.1, -0.05) is 19.3 Å². The molecule has 0 atom stereocenters. The number of nitrogens with one attached hydrogen (secondary N) is 1. The van der Waals surface area contributed by atoms with Crippen molar-refractivity contribution in [2.75, 3.05) is 14.2 Å². The molecule has 1 saturated carbocycles. The van der Waals surface area contributed by atoms with Gasteiger partial charge in [-0.05, 0) is 30.9 Å². The molecule has 1 aliphatic heterocycles. The largest absolute Gasteiger partial charge is 0.497 e. The van der Waals surface area contributed by atoms with Crippen molar-refractivity contribution in [1.29, 1.82) is 0 Å². The number of hydrogen-bond donors (Lipinski definition) is 1. The van der Waals surface area contributed by atoms with Crippen LogP contribution in [-0.4, -0.2) is 19.8 Å². The van der Waals surface area contributed by atoms with Crippen LogP contribution in [-0.2, 0) is 13.0 Å². The van der Waals surface area contributed by atoms with Crippen molar-refractivity contribution in [1.82, 2.24) is 5.32 Å². The molecule has 1 spiro atoms. The van der Waals surface area contributed by atoms with Gasteiger partial charge in [0.05, 0.1) is 14.2 Å². The van der Waals surface area contributed by atoms with Crippen LogP contribution in [0.1, 0.15) is 43.2 Å². The van der Waals surface area contributed by atoms with Crippen LogP contribution in [0.25, 0.3) is 0 Å². The van der Waals surface area contributed by atoms with E-state index in [1.54, 1.807) is 14.2 Å². The number of rotatable bonds is 2. The molecule has 0 aromatic heterocycles. The first kappa shape index (κ1) is 12.8. The Balaban J connectivity index is 1.94. The van der Waals surface area contributed by atoms with Crippen LogP contribution in [0.2, 0.25) is 0 Å². The van der Waals surface area contributed by atoms with Crippen LogP contribution in [0.15, 0.2) is 12.1 Å². The lowest BCUT2D eigenvalue weighted by molar-refractivity contribution is 0.213. The van der Waals surface area contributed by atoms with Gasteiger partial charge in [-0.15, -0.1) is 0 Å². The van der Waals surface area contributed by atoms with Gasteiger partial charge in [-0.25, -0.2) is 0 Å². The predicted molar refractivity (Wildman–Crippen MR) is 75.9 cm³/mol. The van der Waals surface area contributed by atoms with Crippen molar-refractivity contribution in [3.8, 4) is 11.5 Å². The SMILES string of the molecule is COc1cc2c(c(OC)c1)CNC1(CCCCC1)C2. The van der Waals surface area contributed by atoms with E-state index >= 15 is 0 Å². The minimum Gasteiger partial charge on any atom is -0.497 e. The molecule has 0 bridgehead atoms. The molecule has 19 heavy (non-hydrogen) atoms. The highest BCUT2D eigenvalue weighted by Gasteiger charge is 2.36. The molecular weight excluding hydrogens is 238 g/mol. The summed E-state index contributed by atoms with van der Waals surface area (Å²) in [5.41, 5.74) is 3.03. The van der Waals surface area contributed by atoms with Crippen molar-refractivity contribution in [2.24, 2.45) is 0 Å². The van der Waals surface area contributed by atoms with Crippen LogP contribution in [0, 0.1) is 0 Å². The van der Waals surface area contributed by atoms with E-state index in [0.29, 0.717) is 5.54 Å². The predicted octanol–water partition coefficient (Wildman–Crippen LogP) is 3.05. The summed E-state index contributed by atoms with van der Waals surface area (Å²) in [4.78, 5) is 0. The molecule has 1 N–H and O–H groups in total. The summed E-state index contributed by atoms with van der Waals surface area (Å²) in [5.74, 6) is 1.86. The van der Waals surface area contributed by atoms with Gasteiger partial charge in [0.2, 0.25) is 0 Å². The summed E-state index contributed by atoms with van der Waals surface area (Å²) in [5, 5.41) is 3.78. The van der Waals surface area contributed by atoms with Crippen LogP contribution in [0.5, 0.6) is 11.5 Å². The lowest BCUT2D eigenvalue weighted by atomic mass is 9.74. The van der Waals surface area contributed by atoms with Crippen LogP contribution in [0.4, 0.5) is 0 Å². The molecule has 1 heterocycles. The minimum atomic E-state index is 0.322. The Bertz CT molecular complexity index is 464. The summed E-state index contributed by atoms with van der Waals surface area (Å²) in [6.07, 6.45) is 7.79. The first-order valence-electron chi connectivity index (χ1n) is 7.25. The van der Waals surface area contributed by atoms with Gasteiger partial charge in [0, 0.05) is 23.7 Å². The van der Waals surface area contributed by atoms with Crippen molar-refractivity contribution >= 4 is 0 Å². The summed E-state index contributed by atoms with van der Waals surface area (Å²) < 4.78 is 10.9. The molecular formula is C16H23NO2. The molecule has 3 nitrogen and oxygen atoms in total. The number of benzene rings is 1. The Morgan fingerprint density at radius 3 is 2.53 bits per heavy atom. The summed E-state index contributed by atoms with van der Waals surface area (Å²) in [6.45, 7) is 0.919. The van der Waals surface area contributed by atoms with Gasteiger partial charge in [0.25, 0.3) is 0 Å². The molecule has 1 fully saturated rings. The molecule has 2 aliphatic rings. The van der Waals surface area contributed by atoms with Crippen molar-refractivity contribution in [3.05, 3.63) is 23.3 Å². The number of methoxy groups -OCH3 is 2. The third kappa shape index (κ3) is 2.32. The molecule has 0 saturated heterocycles. The fraction of sp³-hybridized carbons (Fsp3) is 0.625.